The number of ether oxygens (including phenoxy) is 1. The fourth-order valence-electron chi connectivity index (χ4n) is 1.79. The zero-order chi connectivity index (χ0) is 15.4. The Morgan fingerprint density at radius 1 is 1.14 bits per heavy atom. The van der Waals surface area contributed by atoms with Crippen molar-refractivity contribution in [3.63, 3.8) is 0 Å². The third kappa shape index (κ3) is 3.77. The molecule has 4 nitrogen and oxygen atoms in total. The van der Waals surface area contributed by atoms with E-state index in [1.54, 1.807) is 18.2 Å². The summed E-state index contributed by atoms with van der Waals surface area (Å²) >= 11 is 11.9. The normalized spacial score (nSPS) is 10.5. The van der Waals surface area contributed by atoms with Crippen LogP contribution in [0.15, 0.2) is 18.2 Å². The van der Waals surface area contributed by atoms with E-state index in [4.69, 9.17) is 27.9 Å². The molecule has 0 saturated heterocycles. The molecule has 0 amide bonds. The summed E-state index contributed by atoms with van der Waals surface area (Å²) in [7, 11) is 0. The van der Waals surface area contributed by atoms with E-state index in [0.717, 1.165) is 30.2 Å². The van der Waals surface area contributed by atoms with Crippen LogP contribution in [-0.2, 0) is 6.42 Å². The Hall–Kier alpha value is -1.52. The average molecular weight is 326 g/mol. The van der Waals surface area contributed by atoms with Gasteiger partial charge in [-0.3, -0.25) is 0 Å². The van der Waals surface area contributed by atoms with Crippen LogP contribution in [0.2, 0.25) is 10.0 Å². The predicted molar refractivity (Wildman–Crippen MR) is 86.8 cm³/mol. The smallest absolute Gasteiger partial charge is 0.227 e. The highest BCUT2D eigenvalue weighted by Crippen LogP contribution is 2.31. The summed E-state index contributed by atoms with van der Waals surface area (Å²) < 4.78 is 5.84. The number of halogens is 2. The molecule has 0 fully saturated rings. The lowest BCUT2D eigenvalue weighted by Crippen LogP contribution is -2.07. The number of anilines is 1. The summed E-state index contributed by atoms with van der Waals surface area (Å²) in [5.41, 5.74) is 0.861. The van der Waals surface area contributed by atoms with Gasteiger partial charge >= 0.3 is 0 Å². The van der Waals surface area contributed by atoms with Gasteiger partial charge in [0.15, 0.2) is 0 Å². The largest absolute Gasteiger partial charge is 0.438 e. The number of nitrogens with one attached hydrogen (secondary N) is 1. The van der Waals surface area contributed by atoms with Crippen molar-refractivity contribution in [1.82, 2.24) is 9.97 Å². The second-order valence-corrected chi connectivity index (χ2v) is 5.29. The molecule has 21 heavy (non-hydrogen) atoms. The van der Waals surface area contributed by atoms with Gasteiger partial charge < -0.3 is 10.1 Å². The Kier molecular flexibility index (Phi) is 5.26. The van der Waals surface area contributed by atoms with E-state index in [1.807, 2.05) is 20.8 Å². The molecule has 0 bridgehead atoms. The number of benzene rings is 1. The molecule has 0 aliphatic heterocycles. The number of aryl methyl sites for hydroxylation is 1. The van der Waals surface area contributed by atoms with Crippen LogP contribution in [0.4, 0.5) is 5.82 Å². The minimum absolute atomic E-state index is 0.448. The molecule has 0 atom stereocenters. The lowest BCUT2D eigenvalue weighted by atomic mass is 10.3. The van der Waals surface area contributed by atoms with Gasteiger partial charge in [-0.1, -0.05) is 30.1 Å². The van der Waals surface area contributed by atoms with Gasteiger partial charge in [0, 0.05) is 19.0 Å². The van der Waals surface area contributed by atoms with E-state index in [0.29, 0.717) is 21.7 Å². The molecule has 0 aliphatic rings. The average Bonchev–Trinajstić information content (AvgIpc) is 2.47. The van der Waals surface area contributed by atoms with Crippen molar-refractivity contribution in [1.29, 1.82) is 0 Å². The van der Waals surface area contributed by atoms with Crippen molar-refractivity contribution >= 4 is 29.0 Å². The predicted octanol–water partition coefficient (Wildman–Crippen LogP) is 4.88. The molecule has 0 unspecified atom stereocenters. The molecule has 1 N–H and O–H groups in total. The van der Waals surface area contributed by atoms with Crippen LogP contribution in [0.1, 0.15) is 25.2 Å². The number of hydrogen-bond donors (Lipinski definition) is 1. The first-order valence-corrected chi connectivity index (χ1v) is 7.55. The van der Waals surface area contributed by atoms with Crippen molar-refractivity contribution in [3.05, 3.63) is 39.6 Å². The monoisotopic (exact) mass is 325 g/mol. The fourth-order valence-corrected chi connectivity index (χ4v) is 2.08. The van der Waals surface area contributed by atoms with Gasteiger partial charge in [0.2, 0.25) is 5.88 Å². The topological polar surface area (TPSA) is 47.0 Å². The van der Waals surface area contributed by atoms with Crippen LogP contribution in [0.5, 0.6) is 11.6 Å². The lowest BCUT2D eigenvalue weighted by molar-refractivity contribution is 0.455. The lowest BCUT2D eigenvalue weighted by Gasteiger charge is -2.13. The zero-order valence-corrected chi connectivity index (χ0v) is 13.7. The molecule has 0 saturated carbocycles. The molecule has 0 radical (unpaired) electrons. The van der Waals surface area contributed by atoms with E-state index >= 15 is 0 Å². The van der Waals surface area contributed by atoms with Gasteiger partial charge in [-0.2, -0.15) is 4.98 Å². The first kappa shape index (κ1) is 15.9. The molecule has 1 aromatic carbocycles. The molecular weight excluding hydrogens is 309 g/mol. The molecule has 0 spiro atoms. The molecule has 2 aromatic rings. The van der Waals surface area contributed by atoms with Crippen molar-refractivity contribution in [3.8, 4) is 11.6 Å². The summed E-state index contributed by atoms with van der Waals surface area (Å²) in [6.07, 6.45) is 0.733. The Morgan fingerprint density at radius 3 is 2.52 bits per heavy atom. The van der Waals surface area contributed by atoms with Crippen LogP contribution in [0.3, 0.4) is 0 Å². The highest BCUT2D eigenvalue weighted by molar-refractivity contribution is 6.42. The highest BCUT2D eigenvalue weighted by atomic mass is 35.5. The summed E-state index contributed by atoms with van der Waals surface area (Å²) in [5.74, 6) is 2.64. The molecule has 6 heteroatoms. The molecule has 1 aromatic heterocycles. The number of nitrogens with zero attached hydrogens (tertiary/aromatic N) is 2. The number of aromatic nitrogens is 2. The van der Waals surface area contributed by atoms with Gasteiger partial charge in [0.1, 0.15) is 17.4 Å². The van der Waals surface area contributed by atoms with Gasteiger partial charge in [0.05, 0.1) is 15.6 Å². The summed E-state index contributed by atoms with van der Waals surface area (Å²) in [4.78, 5) is 8.90. The first-order chi connectivity index (χ1) is 10.0. The van der Waals surface area contributed by atoms with Crippen molar-refractivity contribution in [2.45, 2.75) is 27.2 Å². The van der Waals surface area contributed by atoms with Gasteiger partial charge in [-0.25, -0.2) is 4.98 Å². The van der Waals surface area contributed by atoms with Crippen molar-refractivity contribution < 1.29 is 4.74 Å². The molecule has 1 heterocycles. The van der Waals surface area contributed by atoms with E-state index < -0.39 is 0 Å². The summed E-state index contributed by atoms with van der Waals surface area (Å²) in [5, 5.41) is 4.16. The molecule has 112 valence electrons. The Labute approximate surface area is 134 Å². The van der Waals surface area contributed by atoms with Crippen LogP contribution >= 0.6 is 23.2 Å². The molecular formula is C15H17Cl2N3O. The van der Waals surface area contributed by atoms with Gasteiger partial charge in [-0.15, -0.1) is 0 Å². The van der Waals surface area contributed by atoms with E-state index in [9.17, 15) is 0 Å². The van der Waals surface area contributed by atoms with Gasteiger partial charge in [0.25, 0.3) is 0 Å². The number of hydrogen-bond acceptors (Lipinski definition) is 4. The maximum absolute atomic E-state index is 6.00. The van der Waals surface area contributed by atoms with E-state index in [2.05, 4.69) is 15.3 Å². The Balaban J connectivity index is 2.37. The minimum atomic E-state index is 0.448. The van der Waals surface area contributed by atoms with E-state index in [-0.39, 0.29) is 0 Å². The maximum atomic E-state index is 6.00. The minimum Gasteiger partial charge on any atom is -0.438 e. The summed E-state index contributed by atoms with van der Waals surface area (Å²) in [6.45, 7) is 6.73. The Morgan fingerprint density at radius 2 is 1.90 bits per heavy atom. The second-order valence-electron chi connectivity index (χ2n) is 4.48. The number of rotatable bonds is 5. The standard InChI is InChI=1S/C15H17Cl2N3O/c1-4-13-19-14(18-5-2)9(3)15(20-13)21-10-6-7-11(16)12(17)8-10/h6-8H,4-5H2,1-3H3,(H,18,19,20). The molecule has 2 rings (SSSR count). The zero-order valence-electron chi connectivity index (χ0n) is 12.2. The fraction of sp³-hybridized carbons (Fsp3) is 0.333. The van der Waals surface area contributed by atoms with E-state index in [1.165, 1.54) is 0 Å². The van der Waals surface area contributed by atoms with Crippen molar-refractivity contribution in [2.75, 3.05) is 11.9 Å². The van der Waals surface area contributed by atoms with Gasteiger partial charge in [-0.05, 0) is 26.0 Å². The quantitative estimate of drug-likeness (QED) is 0.851. The highest BCUT2D eigenvalue weighted by Gasteiger charge is 2.12. The van der Waals surface area contributed by atoms with Crippen LogP contribution in [0, 0.1) is 6.92 Å². The summed E-state index contributed by atoms with van der Waals surface area (Å²) in [6, 6.07) is 5.12. The molecule has 0 aliphatic carbocycles. The van der Waals surface area contributed by atoms with Crippen LogP contribution in [0.25, 0.3) is 0 Å². The third-order valence-corrected chi connectivity index (χ3v) is 3.65. The third-order valence-electron chi connectivity index (χ3n) is 2.91. The maximum Gasteiger partial charge on any atom is 0.227 e. The van der Waals surface area contributed by atoms with Crippen molar-refractivity contribution in [2.24, 2.45) is 0 Å². The Bertz CT molecular complexity index is 647. The van der Waals surface area contributed by atoms with Crippen LogP contribution < -0.4 is 10.1 Å². The SMILES string of the molecule is CCNc1nc(CC)nc(Oc2ccc(Cl)c(Cl)c2)c1C. The second kappa shape index (κ2) is 6.96. The van der Waals surface area contributed by atoms with Crippen LogP contribution in [-0.4, -0.2) is 16.5 Å². The first-order valence-electron chi connectivity index (χ1n) is 6.79.